The second-order valence-electron chi connectivity index (χ2n) is 4.81. The lowest BCUT2D eigenvalue weighted by Crippen LogP contribution is -2.28. The van der Waals surface area contributed by atoms with Crippen LogP contribution in [0.3, 0.4) is 0 Å². The Hall–Kier alpha value is -3.28. The number of rotatable bonds is 1. The molecule has 0 radical (unpaired) electrons. The smallest absolute Gasteiger partial charge is 0.291 e. The summed E-state index contributed by atoms with van der Waals surface area (Å²) in [5.74, 6) is 0.249. The number of para-hydroxylation sites is 3. The van der Waals surface area contributed by atoms with Gasteiger partial charge < -0.3 is 0 Å². The van der Waals surface area contributed by atoms with Crippen LogP contribution in [0.2, 0.25) is 0 Å². The van der Waals surface area contributed by atoms with Crippen LogP contribution < -0.4 is 11.2 Å². The van der Waals surface area contributed by atoms with Crippen molar-refractivity contribution in [3.8, 4) is 17.2 Å². The highest BCUT2D eigenvalue weighted by molar-refractivity contribution is 5.81. The van der Waals surface area contributed by atoms with E-state index in [2.05, 4.69) is 15.0 Å². The number of fused-ring (bicyclic) bond motifs is 2. The average Bonchev–Trinajstić information content (AvgIpc) is 2.54. The number of hydrogen-bond donors (Lipinski definition) is 1. The van der Waals surface area contributed by atoms with Gasteiger partial charge >= 0.3 is 5.69 Å². The van der Waals surface area contributed by atoms with Crippen molar-refractivity contribution in [3.63, 3.8) is 0 Å². The van der Waals surface area contributed by atoms with Gasteiger partial charge in [0.1, 0.15) is 0 Å². The van der Waals surface area contributed by atoms with E-state index in [0.29, 0.717) is 5.52 Å². The Kier molecular flexibility index (Phi) is 2.62. The molecule has 0 spiro atoms. The van der Waals surface area contributed by atoms with Crippen LogP contribution in [0, 0.1) is 0 Å². The molecular formula is C16H10N4O2. The van der Waals surface area contributed by atoms with Crippen LogP contribution in [-0.2, 0) is 0 Å². The number of H-pyrrole nitrogens is 1. The highest BCUT2D eigenvalue weighted by atomic mass is 16.2. The highest BCUT2D eigenvalue weighted by Crippen LogP contribution is 2.24. The predicted molar refractivity (Wildman–Crippen MR) is 82.4 cm³/mol. The van der Waals surface area contributed by atoms with Crippen molar-refractivity contribution in [1.82, 2.24) is 19.5 Å². The number of nitrogens with zero attached hydrogens (tertiary/aromatic N) is 3. The SMILES string of the molecule is O=c1nc2n(-c3ccccc3)c3ccccc3nc-2c(=O)[nH]1. The molecule has 2 aromatic rings. The summed E-state index contributed by atoms with van der Waals surface area (Å²) in [6.07, 6.45) is 0. The van der Waals surface area contributed by atoms with Crippen LogP contribution in [0.5, 0.6) is 0 Å². The molecule has 0 saturated carbocycles. The zero-order valence-electron chi connectivity index (χ0n) is 11.4. The van der Waals surface area contributed by atoms with Crippen LogP contribution in [-0.4, -0.2) is 19.5 Å². The van der Waals surface area contributed by atoms with Crippen LogP contribution in [0.25, 0.3) is 28.2 Å². The van der Waals surface area contributed by atoms with E-state index in [4.69, 9.17) is 0 Å². The fourth-order valence-electron chi connectivity index (χ4n) is 2.51. The first kappa shape index (κ1) is 12.5. The van der Waals surface area contributed by atoms with Crippen molar-refractivity contribution in [2.24, 2.45) is 0 Å². The molecule has 22 heavy (non-hydrogen) atoms. The molecule has 0 fully saturated rings. The van der Waals surface area contributed by atoms with Gasteiger partial charge in [-0.25, -0.2) is 9.78 Å². The Labute approximate surface area is 124 Å². The predicted octanol–water partition coefficient (Wildman–Crippen LogP) is 1.57. The van der Waals surface area contributed by atoms with Gasteiger partial charge in [-0.2, -0.15) is 4.98 Å². The highest BCUT2D eigenvalue weighted by Gasteiger charge is 2.19. The fourth-order valence-corrected chi connectivity index (χ4v) is 2.51. The molecule has 106 valence electrons. The number of aromatic amines is 1. The molecule has 2 heterocycles. The van der Waals surface area contributed by atoms with E-state index in [1.165, 1.54) is 0 Å². The van der Waals surface area contributed by atoms with Crippen molar-refractivity contribution < 1.29 is 0 Å². The number of hydrogen-bond acceptors (Lipinski definition) is 4. The van der Waals surface area contributed by atoms with Gasteiger partial charge in [-0.1, -0.05) is 30.3 Å². The zero-order chi connectivity index (χ0) is 15.1. The van der Waals surface area contributed by atoms with E-state index in [1.54, 1.807) is 4.57 Å². The van der Waals surface area contributed by atoms with E-state index < -0.39 is 11.2 Å². The molecule has 0 saturated heterocycles. The zero-order valence-corrected chi connectivity index (χ0v) is 11.4. The molecule has 6 nitrogen and oxygen atoms in total. The van der Waals surface area contributed by atoms with E-state index in [1.807, 2.05) is 54.6 Å². The summed E-state index contributed by atoms with van der Waals surface area (Å²) in [7, 11) is 0. The van der Waals surface area contributed by atoms with Crippen molar-refractivity contribution in [1.29, 1.82) is 0 Å². The fraction of sp³-hybridized carbons (Fsp3) is 0. The van der Waals surface area contributed by atoms with E-state index in [-0.39, 0.29) is 11.5 Å². The molecule has 0 bridgehead atoms. The molecule has 6 heteroatoms. The number of benzene rings is 2. The standard InChI is InChI=1S/C16H10N4O2/c21-15-13-14(18-16(22)19-15)20(10-6-2-1-3-7-10)12-9-5-4-8-11(12)17-13/h1-9H,(H,19,21,22). The summed E-state index contributed by atoms with van der Waals surface area (Å²) in [5, 5.41) is 0. The van der Waals surface area contributed by atoms with Gasteiger partial charge in [0.2, 0.25) is 0 Å². The van der Waals surface area contributed by atoms with E-state index in [9.17, 15) is 9.59 Å². The van der Waals surface area contributed by atoms with Gasteiger partial charge in [0.25, 0.3) is 5.56 Å². The summed E-state index contributed by atoms with van der Waals surface area (Å²) in [6, 6.07) is 16.9. The second-order valence-corrected chi connectivity index (χ2v) is 4.81. The first-order valence-corrected chi connectivity index (χ1v) is 6.71. The number of aromatic nitrogens is 4. The molecule has 4 rings (SSSR count). The van der Waals surface area contributed by atoms with Gasteiger partial charge in [-0.3, -0.25) is 14.3 Å². The summed E-state index contributed by atoms with van der Waals surface area (Å²) in [6.45, 7) is 0. The molecule has 2 aromatic carbocycles. The topological polar surface area (TPSA) is 80.6 Å². The summed E-state index contributed by atoms with van der Waals surface area (Å²) in [4.78, 5) is 34.1. The lowest BCUT2D eigenvalue weighted by atomic mass is 10.2. The minimum Gasteiger partial charge on any atom is -0.291 e. The van der Waals surface area contributed by atoms with Crippen molar-refractivity contribution in [2.45, 2.75) is 0 Å². The van der Waals surface area contributed by atoms with Gasteiger partial charge in [0, 0.05) is 5.69 Å². The van der Waals surface area contributed by atoms with Crippen LogP contribution in [0.15, 0.2) is 64.2 Å². The first-order chi connectivity index (χ1) is 10.7. The molecule has 2 aliphatic rings. The van der Waals surface area contributed by atoms with Crippen molar-refractivity contribution >= 4 is 11.0 Å². The maximum Gasteiger partial charge on any atom is 0.349 e. The minimum atomic E-state index is -0.681. The van der Waals surface area contributed by atoms with E-state index in [0.717, 1.165) is 11.2 Å². The summed E-state index contributed by atoms with van der Waals surface area (Å²) >= 11 is 0. The quantitative estimate of drug-likeness (QED) is 0.540. The summed E-state index contributed by atoms with van der Waals surface area (Å²) < 4.78 is 1.77. The Bertz CT molecular complexity index is 1070. The maximum absolute atomic E-state index is 12.1. The molecule has 0 atom stereocenters. The third-order valence-electron chi connectivity index (χ3n) is 3.44. The Balaban J connectivity index is 2.28. The van der Waals surface area contributed by atoms with Crippen molar-refractivity contribution in [3.05, 3.63) is 75.4 Å². The lowest BCUT2D eigenvalue weighted by Gasteiger charge is -2.16. The van der Waals surface area contributed by atoms with Crippen LogP contribution in [0.1, 0.15) is 0 Å². The molecule has 2 aliphatic heterocycles. The van der Waals surface area contributed by atoms with Gasteiger partial charge in [0.05, 0.1) is 11.0 Å². The molecule has 0 unspecified atom stereocenters. The van der Waals surface area contributed by atoms with Crippen LogP contribution in [0.4, 0.5) is 0 Å². The Morgan fingerprint density at radius 1 is 0.864 bits per heavy atom. The van der Waals surface area contributed by atoms with Gasteiger partial charge in [0.15, 0.2) is 11.5 Å². The maximum atomic E-state index is 12.1. The van der Waals surface area contributed by atoms with Gasteiger partial charge in [-0.15, -0.1) is 0 Å². The van der Waals surface area contributed by atoms with Crippen molar-refractivity contribution in [2.75, 3.05) is 0 Å². The largest absolute Gasteiger partial charge is 0.349 e. The third kappa shape index (κ3) is 1.81. The monoisotopic (exact) mass is 290 g/mol. The normalized spacial score (nSPS) is 11.1. The van der Waals surface area contributed by atoms with E-state index >= 15 is 0 Å². The second kappa shape index (κ2) is 4.63. The lowest BCUT2D eigenvalue weighted by molar-refractivity contribution is 0.937. The minimum absolute atomic E-state index is 0.141. The Morgan fingerprint density at radius 3 is 2.41 bits per heavy atom. The average molecular weight is 290 g/mol. The Morgan fingerprint density at radius 2 is 1.59 bits per heavy atom. The first-order valence-electron chi connectivity index (χ1n) is 6.71. The molecular weight excluding hydrogens is 280 g/mol. The van der Waals surface area contributed by atoms with Gasteiger partial charge in [-0.05, 0) is 24.3 Å². The summed E-state index contributed by atoms with van der Waals surface area (Å²) in [5.41, 5.74) is 1.17. The number of nitrogens with one attached hydrogen (secondary N) is 1. The molecule has 0 aliphatic carbocycles. The van der Waals surface area contributed by atoms with Crippen LogP contribution >= 0.6 is 0 Å². The molecule has 1 N–H and O–H groups in total. The third-order valence-corrected chi connectivity index (χ3v) is 3.44. The molecule has 0 aromatic heterocycles. The molecule has 0 amide bonds.